The molecule has 1 amide bonds. The van der Waals surface area contributed by atoms with Crippen LogP contribution in [0.5, 0.6) is 0 Å². The summed E-state index contributed by atoms with van der Waals surface area (Å²) in [5.74, 6) is 0.0210. The van der Waals surface area contributed by atoms with Gasteiger partial charge in [-0.3, -0.25) is 4.79 Å². The smallest absolute Gasteiger partial charge is 0.352 e. The first-order valence-electron chi connectivity index (χ1n) is 12.0. The second-order valence-corrected chi connectivity index (χ2v) is 9.25. The summed E-state index contributed by atoms with van der Waals surface area (Å²) in [7, 11) is 0. The number of benzene rings is 2. The number of fused-ring (bicyclic) bond motifs is 1. The molecule has 0 spiro atoms. The third-order valence-corrected chi connectivity index (χ3v) is 6.76. The van der Waals surface area contributed by atoms with Gasteiger partial charge < -0.3 is 14.8 Å². The van der Waals surface area contributed by atoms with E-state index in [2.05, 4.69) is 19.9 Å². The van der Waals surface area contributed by atoms with Gasteiger partial charge in [0.05, 0.1) is 10.9 Å². The molecule has 0 unspecified atom stereocenters. The fourth-order valence-electron chi connectivity index (χ4n) is 4.66. The molecule has 1 fully saturated rings. The van der Waals surface area contributed by atoms with E-state index in [1.165, 1.54) is 24.5 Å². The van der Waals surface area contributed by atoms with Gasteiger partial charge in [-0.15, -0.1) is 0 Å². The number of H-pyrrole nitrogens is 1. The van der Waals surface area contributed by atoms with Crippen molar-refractivity contribution < 1.29 is 22.4 Å². The number of piperazine rings is 1. The van der Waals surface area contributed by atoms with Crippen LogP contribution in [0, 0.1) is 5.82 Å². The number of hydrogen-bond acceptors (Lipinski definition) is 4. The van der Waals surface area contributed by atoms with E-state index in [1.54, 1.807) is 30.0 Å². The van der Waals surface area contributed by atoms with Crippen molar-refractivity contribution in [3.05, 3.63) is 77.9 Å². The molecule has 0 bridgehead atoms. The topological polar surface area (TPSA) is 65.1 Å². The molecule has 1 saturated heterocycles. The average molecular weight is 512 g/mol. The monoisotopic (exact) mass is 511 g/mol. The lowest BCUT2D eigenvalue weighted by Gasteiger charge is -2.36. The van der Waals surface area contributed by atoms with Crippen LogP contribution in [-0.2, 0) is 11.0 Å². The number of aromatic nitrogens is 3. The maximum Gasteiger partial charge on any atom is 0.416 e. The number of carbonyl (C=O) groups excluding carboxylic acids is 1. The Morgan fingerprint density at radius 1 is 1.03 bits per heavy atom. The molecule has 4 aromatic rings. The number of halogens is 4. The zero-order chi connectivity index (χ0) is 26.2. The number of nitrogens with zero attached hydrogens (tertiary/aromatic N) is 4. The zero-order valence-electron chi connectivity index (χ0n) is 20.1. The average Bonchev–Trinajstić information content (AvgIpc) is 3.33. The van der Waals surface area contributed by atoms with Crippen molar-refractivity contribution in [3.8, 4) is 11.3 Å². The number of nitrogens with one attached hydrogen (secondary N) is 1. The van der Waals surface area contributed by atoms with E-state index in [4.69, 9.17) is 0 Å². The molecule has 3 heterocycles. The van der Waals surface area contributed by atoms with Gasteiger partial charge in [0.2, 0.25) is 5.91 Å². The minimum absolute atomic E-state index is 0.0855. The molecule has 1 aliphatic rings. The van der Waals surface area contributed by atoms with Crippen molar-refractivity contribution >= 4 is 22.8 Å². The largest absolute Gasteiger partial charge is 0.416 e. The van der Waals surface area contributed by atoms with Crippen LogP contribution in [0.1, 0.15) is 30.4 Å². The molecule has 0 saturated carbocycles. The fourth-order valence-corrected chi connectivity index (χ4v) is 4.66. The van der Waals surface area contributed by atoms with Gasteiger partial charge >= 0.3 is 6.18 Å². The van der Waals surface area contributed by atoms with Crippen molar-refractivity contribution in [3.63, 3.8) is 0 Å². The Labute approximate surface area is 210 Å². The molecule has 192 valence electrons. The molecule has 1 N–H and O–H groups in total. The van der Waals surface area contributed by atoms with Gasteiger partial charge in [-0.2, -0.15) is 13.2 Å². The van der Waals surface area contributed by atoms with Gasteiger partial charge in [-0.05, 0) is 53.4 Å². The number of anilines is 1. The summed E-state index contributed by atoms with van der Waals surface area (Å²) >= 11 is 0. The highest BCUT2D eigenvalue weighted by molar-refractivity contribution is 5.92. The van der Waals surface area contributed by atoms with Crippen LogP contribution in [-0.4, -0.2) is 51.9 Å². The van der Waals surface area contributed by atoms with Gasteiger partial charge in [0.15, 0.2) is 0 Å². The molecule has 0 aliphatic carbocycles. The van der Waals surface area contributed by atoms with Crippen molar-refractivity contribution in [1.29, 1.82) is 0 Å². The van der Waals surface area contributed by atoms with Crippen molar-refractivity contribution in [2.75, 3.05) is 31.1 Å². The summed E-state index contributed by atoms with van der Waals surface area (Å²) in [4.78, 5) is 28.8. The van der Waals surface area contributed by atoms with E-state index in [1.807, 2.05) is 6.07 Å². The molecule has 1 atom stereocenters. The molecular weight excluding hydrogens is 486 g/mol. The summed E-state index contributed by atoms with van der Waals surface area (Å²) in [5.41, 5.74) is 2.08. The van der Waals surface area contributed by atoms with E-state index in [9.17, 15) is 22.4 Å². The van der Waals surface area contributed by atoms with Crippen LogP contribution in [0.3, 0.4) is 0 Å². The Morgan fingerprint density at radius 3 is 2.46 bits per heavy atom. The van der Waals surface area contributed by atoms with E-state index in [-0.39, 0.29) is 24.1 Å². The van der Waals surface area contributed by atoms with Crippen LogP contribution in [0.25, 0.3) is 22.3 Å². The van der Waals surface area contributed by atoms with E-state index in [0.29, 0.717) is 37.4 Å². The number of rotatable bonds is 5. The second kappa shape index (κ2) is 9.84. The number of aromatic amines is 1. The number of hydrogen-bond donors (Lipinski definition) is 1. The van der Waals surface area contributed by atoms with Crippen LogP contribution in [0.2, 0.25) is 0 Å². The standard InChI is InChI=1S/C27H25F4N5O/c1-17(19-3-2-4-20(14-19)27(29,30)31)13-24(37)35-9-11-36(12-10-35)26-22-15-23(34-25(22)32-16-33-26)18-5-7-21(28)8-6-18/h2-8,14-17H,9-13H2,1H3,(H,32,33,34)/t17-/m1/s1. The van der Waals surface area contributed by atoms with Gasteiger partial charge in [0.1, 0.15) is 23.6 Å². The first-order chi connectivity index (χ1) is 17.7. The molecular formula is C27H25F4N5O. The molecule has 1 aliphatic heterocycles. The predicted octanol–water partition coefficient (Wildman–Crippen LogP) is 5.63. The van der Waals surface area contributed by atoms with Crippen molar-refractivity contribution in [2.24, 2.45) is 0 Å². The Kier molecular flexibility index (Phi) is 6.57. The molecule has 2 aromatic heterocycles. The molecule has 6 nitrogen and oxygen atoms in total. The minimum Gasteiger partial charge on any atom is -0.352 e. The molecule has 2 aromatic carbocycles. The highest BCUT2D eigenvalue weighted by Crippen LogP contribution is 2.32. The lowest BCUT2D eigenvalue weighted by atomic mass is 9.95. The Morgan fingerprint density at radius 2 is 1.76 bits per heavy atom. The maximum absolute atomic E-state index is 13.3. The van der Waals surface area contributed by atoms with Crippen LogP contribution < -0.4 is 4.90 Å². The third-order valence-electron chi connectivity index (χ3n) is 6.76. The molecule has 0 radical (unpaired) electrons. The molecule has 5 rings (SSSR count). The predicted molar refractivity (Wildman–Crippen MR) is 133 cm³/mol. The van der Waals surface area contributed by atoms with Crippen LogP contribution in [0.4, 0.5) is 23.4 Å². The first-order valence-corrected chi connectivity index (χ1v) is 12.0. The number of carbonyl (C=O) groups is 1. The van der Waals surface area contributed by atoms with Gasteiger partial charge in [0.25, 0.3) is 0 Å². The number of alkyl halides is 3. The van der Waals surface area contributed by atoms with Crippen LogP contribution >= 0.6 is 0 Å². The van der Waals surface area contributed by atoms with E-state index >= 15 is 0 Å². The second-order valence-electron chi connectivity index (χ2n) is 9.25. The van der Waals surface area contributed by atoms with Gasteiger partial charge in [0, 0.05) is 38.3 Å². The summed E-state index contributed by atoms with van der Waals surface area (Å²) in [6.07, 6.45) is -2.80. The summed E-state index contributed by atoms with van der Waals surface area (Å²) in [5, 5.41) is 0.833. The molecule has 37 heavy (non-hydrogen) atoms. The lowest BCUT2D eigenvalue weighted by Crippen LogP contribution is -2.49. The van der Waals surface area contributed by atoms with Gasteiger partial charge in [-0.25, -0.2) is 14.4 Å². The first kappa shape index (κ1) is 24.7. The van der Waals surface area contributed by atoms with E-state index < -0.39 is 11.7 Å². The van der Waals surface area contributed by atoms with E-state index in [0.717, 1.165) is 34.6 Å². The number of amides is 1. The minimum atomic E-state index is -4.41. The normalized spacial score (nSPS) is 15.3. The van der Waals surface area contributed by atoms with Crippen molar-refractivity contribution in [1.82, 2.24) is 19.9 Å². The SMILES string of the molecule is C[C@H](CC(=O)N1CCN(c2ncnc3[nH]c(-c4ccc(F)cc4)cc23)CC1)c1cccc(C(F)(F)F)c1. The summed E-state index contributed by atoms with van der Waals surface area (Å²) in [6.45, 7) is 3.86. The quantitative estimate of drug-likeness (QED) is 0.353. The lowest BCUT2D eigenvalue weighted by molar-refractivity contribution is -0.137. The fraction of sp³-hybridized carbons (Fsp3) is 0.296. The summed E-state index contributed by atoms with van der Waals surface area (Å²) in [6, 6.07) is 13.3. The Hall–Kier alpha value is -3.95. The highest BCUT2D eigenvalue weighted by Gasteiger charge is 2.31. The van der Waals surface area contributed by atoms with Crippen LogP contribution in [0.15, 0.2) is 60.9 Å². The highest BCUT2D eigenvalue weighted by atomic mass is 19.4. The Bertz CT molecular complexity index is 1410. The maximum atomic E-state index is 13.3. The molecule has 10 heteroatoms. The third kappa shape index (κ3) is 5.28. The zero-order valence-corrected chi connectivity index (χ0v) is 20.1. The van der Waals surface area contributed by atoms with Crippen molar-refractivity contribution in [2.45, 2.75) is 25.4 Å². The van der Waals surface area contributed by atoms with Gasteiger partial charge in [-0.1, -0.05) is 25.1 Å². The summed E-state index contributed by atoms with van der Waals surface area (Å²) < 4.78 is 52.5. The Balaban J connectivity index is 1.24.